The molecule has 16 heavy (non-hydrogen) atoms. The topological polar surface area (TPSA) is 74.8 Å². The summed E-state index contributed by atoms with van der Waals surface area (Å²) >= 11 is 0. The van der Waals surface area contributed by atoms with Crippen LogP contribution in [0.15, 0.2) is 12.1 Å². The van der Waals surface area contributed by atoms with Crippen molar-refractivity contribution in [2.45, 2.75) is 19.3 Å². The van der Waals surface area contributed by atoms with Crippen LogP contribution < -0.4 is 0 Å². The van der Waals surface area contributed by atoms with Crippen LogP contribution in [-0.4, -0.2) is 27.8 Å². The van der Waals surface area contributed by atoms with Crippen molar-refractivity contribution in [2.24, 2.45) is 0 Å². The third-order valence-electron chi connectivity index (χ3n) is 2.11. The zero-order valence-electron chi connectivity index (χ0n) is 8.68. The Bertz CT molecular complexity index is 424. The van der Waals surface area contributed by atoms with E-state index >= 15 is 0 Å². The van der Waals surface area contributed by atoms with Crippen LogP contribution in [0.2, 0.25) is 0 Å². The molecule has 0 amide bonds. The van der Waals surface area contributed by atoms with Gasteiger partial charge >= 0.3 is 5.97 Å². The second-order valence-electron chi connectivity index (χ2n) is 3.26. The van der Waals surface area contributed by atoms with E-state index in [9.17, 15) is 4.79 Å². The van der Waals surface area contributed by atoms with Crippen molar-refractivity contribution >= 4 is 11.7 Å². The van der Waals surface area contributed by atoms with E-state index in [-0.39, 0.29) is 12.3 Å². The number of aryl methyl sites for hydroxylation is 1. The maximum Gasteiger partial charge on any atom is 0.354 e. The normalized spacial score (nSPS) is 9.75. The highest BCUT2D eigenvalue weighted by Gasteiger charge is 2.09. The number of aromatic nitrogens is 1. The van der Waals surface area contributed by atoms with Gasteiger partial charge in [0.25, 0.3) is 0 Å². The SMILES string of the molecule is [C-]#[N+]c1ccc(C(=O)O)nc1CCCCO. The van der Waals surface area contributed by atoms with Gasteiger partial charge in [-0.25, -0.2) is 9.64 Å². The van der Waals surface area contributed by atoms with E-state index < -0.39 is 5.97 Å². The number of aliphatic hydroxyl groups is 1. The lowest BCUT2D eigenvalue weighted by molar-refractivity contribution is 0.0690. The molecular weight excluding hydrogens is 208 g/mol. The Morgan fingerprint density at radius 2 is 2.19 bits per heavy atom. The Morgan fingerprint density at radius 3 is 2.75 bits per heavy atom. The molecule has 2 N–H and O–H groups in total. The van der Waals surface area contributed by atoms with Crippen LogP contribution in [0, 0.1) is 6.57 Å². The Kier molecular flexibility index (Phi) is 4.42. The molecule has 0 saturated heterocycles. The number of carbonyl (C=O) groups is 1. The van der Waals surface area contributed by atoms with Crippen LogP contribution in [0.5, 0.6) is 0 Å². The van der Waals surface area contributed by atoms with E-state index in [1.807, 2.05) is 0 Å². The van der Waals surface area contributed by atoms with Crippen LogP contribution in [0.25, 0.3) is 4.85 Å². The van der Waals surface area contributed by atoms with Gasteiger partial charge in [0, 0.05) is 12.3 Å². The number of hydrogen-bond acceptors (Lipinski definition) is 3. The Balaban J connectivity index is 2.90. The van der Waals surface area contributed by atoms with Crippen LogP contribution in [0.3, 0.4) is 0 Å². The fraction of sp³-hybridized carbons (Fsp3) is 0.364. The fourth-order valence-corrected chi connectivity index (χ4v) is 1.30. The molecule has 0 atom stereocenters. The summed E-state index contributed by atoms with van der Waals surface area (Å²) in [5.74, 6) is -1.10. The summed E-state index contributed by atoms with van der Waals surface area (Å²) < 4.78 is 0. The smallest absolute Gasteiger partial charge is 0.354 e. The van der Waals surface area contributed by atoms with Gasteiger partial charge in [0.15, 0.2) is 0 Å². The highest BCUT2D eigenvalue weighted by atomic mass is 16.4. The minimum atomic E-state index is -1.10. The summed E-state index contributed by atoms with van der Waals surface area (Å²) in [4.78, 5) is 17.9. The lowest BCUT2D eigenvalue weighted by Crippen LogP contribution is -2.03. The molecule has 0 unspecified atom stereocenters. The maximum atomic E-state index is 10.7. The van der Waals surface area contributed by atoms with Gasteiger partial charge in [-0.05, 0) is 25.3 Å². The first-order chi connectivity index (χ1) is 7.69. The number of pyridine rings is 1. The van der Waals surface area contributed by atoms with Gasteiger partial charge in [0.1, 0.15) is 5.69 Å². The molecule has 0 radical (unpaired) electrons. The monoisotopic (exact) mass is 220 g/mol. The molecular formula is C11H12N2O3. The predicted molar refractivity (Wildman–Crippen MR) is 57.5 cm³/mol. The molecule has 1 aromatic heterocycles. The first-order valence-corrected chi connectivity index (χ1v) is 4.90. The zero-order chi connectivity index (χ0) is 12.0. The third-order valence-corrected chi connectivity index (χ3v) is 2.11. The second-order valence-corrected chi connectivity index (χ2v) is 3.26. The van der Waals surface area contributed by atoms with Crippen molar-refractivity contribution in [3.63, 3.8) is 0 Å². The van der Waals surface area contributed by atoms with Gasteiger partial charge in [-0.1, -0.05) is 6.07 Å². The third kappa shape index (κ3) is 3.04. The van der Waals surface area contributed by atoms with E-state index in [0.29, 0.717) is 30.6 Å². The van der Waals surface area contributed by atoms with Gasteiger partial charge in [0.05, 0.1) is 6.57 Å². The summed E-state index contributed by atoms with van der Waals surface area (Å²) in [6, 6.07) is 2.79. The number of aromatic carboxylic acids is 1. The quantitative estimate of drug-likeness (QED) is 0.584. The number of aliphatic hydroxyl groups excluding tert-OH is 1. The number of carboxylic acids is 1. The number of hydrogen-bond donors (Lipinski definition) is 2. The molecule has 84 valence electrons. The summed E-state index contributed by atoms with van der Waals surface area (Å²) in [6.45, 7) is 7.02. The summed E-state index contributed by atoms with van der Waals surface area (Å²) in [5, 5.41) is 17.4. The number of nitrogens with zero attached hydrogens (tertiary/aromatic N) is 2. The van der Waals surface area contributed by atoms with Crippen LogP contribution in [-0.2, 0) is 6.42 Å². The maximum absolute atomic E-state index is 10.7. The number of unbranched alkanes of at least 4 members (excludes halogenated alkanes) is 1. The highest BCUT2D eigenvalue weighted by Crippen LogP contribution is 2.19. The highest BCUT2D eigenvalue weighted by molar-refractivity contribution is 5.85. The van der Waals surface area contributed by atoms with Crippen molar-refractivity contribution in [2.75, 3.05) is 6.61 Å². The predicted octanol–water partition coefficient (Wildman–Crippen LogP) is 1.65. The molecule has 0 saturated carbocycles. The van der Waals surface area contributed by atoms with Gasteiger partial charge in [-0.2, -0.15) is 0 Å². The van der Waals surface area contributed by atoms with E-state index in [1.54, 1.807) is 0 Å². The standard InChI is InChI=1S/C11H12N2O3/c1-12-8-5-6-10(11(15)16)13-9(8)4-2-3-7-14/h5-6,14H,2-4,7H2,(H,15,16). The molecule has 1 heterocycles. The van der Waals surface area contributed by atoms with Gasteiger partial charge in [-0.15, -0.1) is 0 Å². The molecule has 1 aromatic rings. The molecule has 0 aliphatic carbocycles. The van der Waals surface area contributed by atoms with E-state index in [2.05, 4.69) is 9.83 Å². The molecule has 0 aliphatic rings. The average Bonchev–Trinajstić information content (AvgIpc) is 2.29. The first-order valence-electron chi connectivity index (χ1n) is 4.90. The summed E-state index contributed by atoms with van der Waals surface area (Å²) in [6.07, 6.45) is 1.82. The van der Waals surface area contributed by atoms with Crippen molar-refractivity contribution in [1.29, 1.82) is 0 Å². The summed E-state index contributed by atoms with van der Waals surface area (Å²) in [7, 11) is 0. The van der Waals surface area contributed by atoms with Gasteiger partial charge in [-0.3, -0.25) is 4.98 Å². The fourth-order valence-electron chi connectivity index (χ4n) is 1.30. The molecule has 0 aromatic carbocycles. The van der Waals surface area contributed by atoms with E-state index in [0.717, 1.165) is 0 Å². The van der Waals surface area contributed by atoms with Crippen molar-refractivity contribution in [3.8, 4) is 0 Å². The van der Waals surface area contributed by atoms with Gasteiger partial charge < -0.3 is 10.2 Å². The molecule has 1 rings (SSSR count). The minimum Gasteiger partial charge on any atom is -0.477 e. The molecule has 5 nitrogen and oxygen atoms in total. The molecule has 0 spiro atoms. The second kappa shape index (κ2) is 5.83. The summed E-state index contributed by atoms with van der Waals surface area (Å²) in [5.41, 5.74) is 0.817. The van der Waals surface area contributed by atoms with Crippen molar-refractivity contribution < 1.29 is 15.0 Å². The largest absolute Gasteiger partial charge is 0.477 e. The molecule has 0 aliphatic heterocycles. The average molecular weight is 220 g/mol. The Morgan fingerprint density at radius 1 is 1.44 bits per heavy atom. The van der Waals surface area contributed by atoms with Crippen molar-refractivity contribution in [3.05, 3.63) is 34.9 Å². The first kappa shape index (κ1) is 12.1. The molecule has 5 heteroatoms. The molecule has 0 fully saturated rings. The Hall–Kier alpha value is -1.93. The minimum absolute atomic E-state index is 0.0496. The van der Waals surface area contributed by atoms with Gasteiger partial charge in [0.2, 0.25) is 5.69 Å². The number of rotatable bonds is 5. The van der Waals surface area contributed by atoms with Crippen LogP contribution >= 0.6 is 0 Å². The zero-order valence-corrected chi connectivity index (χ0v) is 8.68. The van der Waals surface area contributed by atoms with Crippen molar-refractivity contribution in [1.82, 2.24) is 4.98 Å². The lowest BCUT2D eigenvalue weighted by atomic mass is 10.1. The lowest BCUT2D eigenvalue weighted by Gasteiger charge is -2.03. The van der Waals surface area contributed by atoms with E-state index in [1.165, 1.54) is 12.1 Å². The van der Waals surface area contributed by atoms with Crippen LogP contribution in [0.4, 0.5) is 5.69 Å². The Labute approximate surface area is 93.2 Å². The molecule has 0 bridgehead atoms. The van der Waals surface area contributed by atoms with Crippen LogP contribution in [0.1, 0.15) is 29.0 Å². The number of carboxylic acid groups (broad SMARTS) is 1. The van der Waals surface area contributed by atoms with E-state index in [4.69, 9.17) is 16.8 Å².